The SMILES string of the molecule is CCOC(=O)C1=C(Nc2ccccc2)S/C(=C\c2ccc(OCCOCCOCCOCCNC(=O)c3cc(-c4cn(-c5ccc(C6=NCCN6)cc5)nn4)ccc3-c3cn(-c4ccc(C5=NCCN5)cc4)nn3)c(O)c2)C1=O. The van der Waals surface area contributed by atoms with Gasteiger partial charge in [-0.15, -0.1) is 10.2 Å². The van der Waals surface area contributed by atoms with Crippen molar-refractivity contribution in [3.63, 3.8) is 0 Å². The highest BCUT2D eigenvalue weighted by atomic mass is 32.2. The molecular weight excluding hydrogens is 1030 g/mol. The van der Waals surface area contributed by atoms with Gasteiger partial charge in [0.25, 0.3) is 5.91 Å². The number of phenolic OH excluding ortho intramolecular Hbond substituents is 1. The standard InChI is InChI=1S/C57H56N12O9S/c1-2-77-57(73)51-52(71)50(79-56(51)63-41-6-4-3-5-7-41)33-37-8-19-49(48(70)32-37)78-31-30-76-29-28-75-27-26-74-25-24-62-55(72)45-34-40(46-35-68(66-64-46)42-14-9-38(10-15-42)53-58-20-21-59-53)13-18-44(45)47-36-69(67-65-47)43-16-11-39(12-17-43)54-60-22-23-61-54/h3-19,32-36,63,70H,2,20-31H2,1H3,(H,58,59)(H,60,61)(H,62,72)/b50-33-. The number of thioether (sulfide) groups is 1. The first kappa shape index (κ1) is 53.4. The predicted octanol–water partition coefficient (Wildman–Crippen LogP) is 5.99. The number of hydrogen-bond donors (Lipinski definition) is 5. The number of carbonyl (C=O) groups is 3. The van der Waals surface area contributed by atoms with E-state index in [1.165, 1.54) is 6.07 Å². The van der Waals surface area contributed by atoms with Crippen molar-refractivity contribution >= 4 is 52.9 Å². The predicted molar refractivity (Wildman–Crippen MR) is 299 cm³/mol. The van der Waals surface area contributed by atoms with Crippen LogP contribution >= 0.6 is 11.8 Å². The number of carbonyl (C=O) groups excluding carboxylic acids is 3. The van der Waals surface area contributed by atoms with Gasteiger partial charge in [-0.1, -0.05) is 58.6 Å². The van der Waals surface area contributed by atoms with Gasteiger partial charge < -0.3 is 50.1 Å². The van der Waals surface area contributed by atoms with Gasteiger partial charge in [0.1, 0.15) is 35.2 Å². The molecule has 7 aromatic rings. The summed E-state index contributed by atoms with van der Waals surface area (Å²) in [6.45, 7) is 7.07. The van der Waals surface area contributed by atoms with Crippen LogP contribution in [-0.2, 0) is 28.5 Å². The fourth-order valence-corrected chi connectivity index (χ4v) is 9.57. The zero-order valence-corrected chi connectivity index (χ0v) is 43.9. The van der Waals surface area contributed by atoms with Crippen LogP contribution in [0.3, 0.4) is 0 Å². The van der Waals surface area contributed by atoms with E-state index in [2.05, 4.69) is 51.9 Å². The Morgan fingerprint density at radius 2 is 1.32 bits per heavy atom. The molecular formula is C57H56N12O9S. The minimum Gasteiger partial charge on any atom is -0.504 e. The number of aromatic hydroxyl groups is 1. The number of ether oxygens (including phenoxy) is 5. The van der Waals surface area contributed by atoms with Crippen molar-refractivity contribution in [2.75, 3.05) is 90.9 Å². The Balaban J connectivity index is 0.669. The number of rotatable bonds is 25. The van der Waals surface area contributed by atoms with Crippen LogP contribution in [0.15, 0.2) is 153 Å². The third-order valence-corrected chi connectivity index (χ3v) is 13.5. The Morgan fingerprint density at radius 3 is 1.94 bits per heavy atom. The molecule has 5 N–H and O–H groups in total. The van der Waals surface area contributed by atoms with Crippen molar-refractivity contribution in [1.82, 2.24) is 45.9 Å². The number of para-hydroxylation sites is 1. The van der Waals surface area contributed by atoms with E-state index in [1.54, 1.807) is 46.8 Å². The number of ketones is 1. The first-order chi connectivity index (χ1) is 38.8. The molecule has 0 aliphatic carbocycles. The summed E-state index contributed by atoms with van der Waals surface area (Å²) >= 11 is 1.12. The second-order valence-electron chi connectivity index (χ2n) is 17.8. The largest absolute Gasteiger partial charge is 0.504 e. The Hall–Kier alpha value is -8.96. The number of esters is 1. The van der Waals surface area contributed by atoms with Crippen molar-refractivity contribution < 1.29 is 43.2 Å². The average molecular weight is 1090 g/mol. The number of Topliss-reactive ketones (excluding diaryl/α,β-unsaturated/α-hetero) is 1. The van der Waals surface area contributed by atoms with Crippen LogP contribution < -0.4 is 26.0 Å². The maximum absolute atomic E-state index is 14.0. The van der Waals surface area contributed by atoms with E-state index in [4.69, 9.17) is 23.7 Å². The lowest BCUT2D eigenvalue weighted by Gasteiger charge is -2.11. The number of anilines is 1. The monoisotopic (exact) mass is 1080 g/mol. The molecule has 0 fully saturated rings. The van der Waals surface area contributed by atoms with E-state index in [0.29, 0.717) is 75.7 Å². The molecule has 22 heteroatoms. The van der Waals surface area contributed by atoms with Crippen LogP contribution in [0, 0.1) is 0 Å². The van der Waals surface area contributed by atoms with Crippen molar-refractivity contribution in [3.8, 4) is 45.4 Å². The number of allylic oxidation sites excluding steroid dienone is 1. The summed E-state index contributed by atoms with van der Waals surface area (Å²) in [6.07, 6.45) is 5.21. The van der Waals surface area contributed by atoms with Gasteiger partial charge in [0.2, 0.25) is 5.78 Å². The topological polar surface area (TPSA) is 252 Å². The molecule has 0 atom stereocenters. The van der Waals surface area contributed by atoms with E-state index in [1.807, 2.05) is 97.2 Å². The maximum Gasteiger partial charge on any atom is 0.344 e. The molecule has 0 saturated heterocycles. The molecule has 10 rings (SSSR count). The summed E-state index contributed by atoms with van der Waals surface area (Å²) < 4.78 is 31.4. The normalized spacial score (nSPS) is 14.5. The summed E-state index contributed by atoms with van der Waals surface area (Å²) in [4.78, 5) is 49.4. The van der Waals surface area contributed by atoms with Gasteiger partial charge in [-0.25, -0.2) is 14.2 Å². The van der Waals surface area contributed by atoms with Gasteiger partial charge in [-0.3, -0.25) is 19.6 Å². The molecule has 0 radical (unpaired) electrons. The summed E-state index contributed by atoms with van der Waals surface area (Å²) in [7, 11) is 0. The van der Waals surface area contributed by atoms with E-state index in [0.717, 1.165) is 72.1 Å². The number of aliphatic imine (C=N–C) groups is 2. The molecule has 2 aromatic heterocycles. The number of hydrogen-bond acceptors (Lipinski definition) is 19. The molecule has 5 heterocycles. The Labute approximate surface area is 458 Å². The van der Waals surface area contributed by atoms with Crippen molar-refractivity contribution in [2.45, 2.75) is 6.92 Å². The summed E-state index contributed by atoms with van der Waals surface area (Å²) in [5.41, 5.74) is 7.53. The van der Waals surface area contributed by atoms with Crippen LogP contribution in [-0.4, -0.2) is 150 Å². The first-order valence-corrected chi connectivity index (χ1v) is 26.5. The van der Waals surface area contributed by atoms with Crippen molar-refractivity contribution in [1.29, 1.82) is 0 Å². The summed E-state index contributed by atoms with van der Waals surface area (Å²) in [6, 6.07) is 35.3. The zero-order valence-electron chi connectivity index (χ0n) is 43.1. The van der Waals surface area contributed by atoms with Crippen LogP contribution in [0.2, 0.25) is 0 Å². The number of phenols is 1. The van der Waals surface area contributed by atoms with E-state index >= 15 is 0 Å². The highest BCUT2D eigenvalue weighted by molar-refractivity contribution is 8.08. The van der Waals surface area contributed by atoms with Crippen LogP contribution in [0.4, 0.5) is 5.69 Å². The minimum absolute atomic E-state index is 0.0733. The molecule has 5 aromatic carbocycles. The van der Waals surface area contributed by atoms with Crippen LogP contribution in [0.25, 0.3) is 40.0 Å². The number of aromatic nitrogens is 6. The van der Waals surface area contributed by atoms with E-state index < -0.39 is 11.8 Å². The minimum atomic E-state index is -0.708. The summed E-state index contributed by atoms with van der Waals surface area (Å²) in [5.74, 6) is 0.362. The van der Waals surface area contributed by atoms with Gasteiger partial charge in [0.15, 0.2) is 11.5 Å². The van der Waals surface area contributed by atoms with Gasteiger partial charge >= 0.3 is 5.97 Å². The molecule has 3 aliphatic rings. The Morgan fingerprint density at radius 1 is 0.709 bits per heavy atom. The van der Waals surface area contributed by atoms with Gasteiger partial charge in [0.05, 0.1) is 93.0 Å². The number of nitrogens with zero attached hydrogens (tertiary/aromatic N) is 8. The molecule has 1 amide bonds. The highest BCUT2D eigenvalue weighted by Gasteiger charge is 2.35. The first-order valence-electron chi connectivity index (χ1n) is 25.7. The maximum atomic E-state index is 14.0. The summed E-state index contributed by atoms with van der Waals surface area (Å²) in [5, 5.41) is 41.5. The van der Waals surface area contributed by atoms with Gasteiger partial charge in [0, 0.05) is 53.1 Å². The van der Waals surface area contributed by atoms with Gasteiger partial charge in [-0.2, -0.15) is 0 Å². The second-order valence-corrected chi connectivity index (χ2v) is 18.8. The lowest BCUT2D eigenvalue weighted by atomic mass is 9.99. The third kappa shape index (κ3) is 13.4. The zero-order chi connectivity index (χ0) is 54.3. The molecule has 0 bridgehead atoms. The van der Waals surface area contributed by atoms with E-state index in [9.17, 15) is 19.5 Å². The van der Waals surface area contributed by atoms with Crippen LogP contribution in [0.5, 0.6) is 11.5 Å². The Kier molecular flexibility index (Phi) is 17.5. The number of amidine groups is 2. The molecule has 21 nitrogen and oxygen atoms in total. The smallest absolute Gasteiger partial charge is 0.344 e. The van der Waals surface area contributed by atoms with Crippen LogP contribution in [0.1, 0.15) is 34.0 Å². The molecule has 0 saturated carbocycles. The van der Waals surface area contributed by atoms with Crippen molar-refractivity contribution in [2.24, 2.45) is 9.98 Å². The number of benzene rings is 5. The molecule has 404 valence electrons. The number of nitrogens with one attached hydrogen (secondary N) is 4. The van der Waals surface area contributed by atoms with Gasteiger partial charge in [-0.05, 0) is 97.4 Å². The van der Waals surface area contributed by atoms with Crippen molar-refractivity contribution in [3.05, 3.63) is 165 Å². The second kappa shape index (κ2) is 25.9. The fourth-order valence-electron chi connectivity index (χ4n) is 8.52. The molecule has 0 spiro atoms. The third-order valence-electron chi connectivity index (χ3n) is 12.4. The Bertz CT molecular complexity index is 3430. The fraction of sp³-hybridized carbons (Fsp3) is 0.246. The number of amides is 1. The quantitative estimate of drug-likeness (QED) is 0.0191. The molecule has 3 aliphatic heterocycles. The lowest BCUT2D eigenvalue weighted by Crippen LogP contribution is -2.28. The molecule has 0 unspecified atom stereocenters. The molecule has 79 heavy (non-hydrogen) atoms. The lowest BCUT2D eigenvalue weighted by molar-refractivity contribution is -0.139. The average Bonchev–Trinajstić information content (AvgIpc) is 4.36. The van der Waals surface area contributed by atoms with E-state index in [-0.39, 0.29) is 56.0 Å². The highest BCUT2D eigenvalue weighted by Crippen LogP contribution is 2.41.